The molecule has 0 spiro atoms. The first kappa shape index (κ1) is 10.2. The van der Waals surface area contributed by atoms with Crippen LogP contribution in [0, 0.1) is 11.3 Å². The molecule has 80 valence electrons. The molecule has 2 heterocycles. The molecule has 1 aliphatic carbocycles. The lowest BCUT2D eigenvalue weighted by atomic mass is 9.57. The van der Waals surface area contributed by atoms with Crippen molar-refractivity contribution >= 4 is 6.29 Å². The van der Waals surface area contributed by atoms with Gasteiger partial charge >= 0.3 is 0 Å². The zero-order chi connectivity index (χ0) is 10.4. The van der Waals surface area contributed by atoms with E-state index in [4.69, 9.17) is 0 Å². The average molecular weight is 195 g/mol. The van der Waals surface area contributed by atoms with Crippen LogP contribution in [-0.2, 0) is 4.79 Å². The molecule has 1 unspecified atom stereocenters. The highest BCUT2D eigenvalue weighted by Crippen LogP contribution is 2.50. The normalized spacial score (nSPS) is 47.0. The molecule has 0 aromatic carbocycles. The maximum absolute atomic E-state index is 11.1. The largest absolute Gasteiger partial charge is 0.302 e. The van der Waals surface area contributed by atoms with Crippen molar-refractivity contribution in [1.82, 2.24) is 5.32 Å². The third-order valence-electron chi connectivity index (χ3n) is 4.72. The molecule has 2 heteroatoms. The van der Waals surface area contributed by atoms with Gasteiger partial charge in [0.2, 0.25) is 0 Å². The highest BCUT2D eigenvalue weighted by Gasteiger charge is 2.52. The summed E-state index contributed by atoms with van der Waals surface area (Å²) in [6.07, 6.45) is 6.02. The fourth-order valence-electron chi connectivity index (χ4n) is 3.15. The van der Waals surface area contributed by atoms with E-state index in [0.717, 1.165) is 6.29 Å². The Morgan fingerprint density at radius 1 is 1.29 bits per heavy atom. The minimum Gasteiger partial charge on any atom is -0.302 e. The summed E-state index contributed by atoms with van der Waals surface area (Å²) in [7, 11) is 0. The van der Waals surface area contributed by atoms with Crippen molar-refractivity contribution in [2.24, 2.45) is 11.3 Å². The predicted molar refractivity (Wildman–Crippen MR) is 57.1 cm³/mol. The third-order valence-corrected chi connectivity index (χ3v) is 4.72. The summed E-state index contributed by atoms with van der Waals surface area (Å²) in [5.74, 6) is 0.634. The summed E-state index contributed by atoms with van der Waals surface area (Å²) in [5, 5.41) is 3.59. The van der Waals surface area contributed by atoms with E-state index >= 15 is 0 Å². The van der Waals surface area contributed by atoms with E-state index in [1.165, 1.54) is 25.7 Å². The Hall–Kier alpha value is -0.370. The van der Waals surface area contributed by atoms with Gasteiger partial charge in [-0.3, -0.25) is 0 Å². The summed E-state index contributed by atoms with van der Waals surface area (Å²) in [6.45, 7) is 6.79. The number of hydrogen-bond donors (Lipinski definition) is 1. The van der Waals surface area contributed by atoms with Crippen LogP contribution in [0.1, 0.15) is 46.5 Å². The maximum Gasteiger partial charge on any atom is 0.137 e. The standard InChI is InChI=1S/C12H21NO/c1-9(2)12-6-4-11(3,5-7-12)10(8-14)13-12/h8-10,13H,4-7H2,1-3H3. The van der Waals surface area contributed by atoms with Crippen molar-refractivity contribution in [2.45, 2.75) is 58.0 Å². The lowest BCUT2D eigenvalue weighted by Gasteiger charge is -2.57. The molecule has 1 saturated carbocycles. The Balaban J connectivity index is 2.25. The Bertz CT molecular complexity index is 239. The molecule has 0 aromatic heterocycles. The van der Waals surface area contributed by atoms with E-state index < -0.39 is 0 Å². The van der Waals surface area contributed by atoms with Gasteiger partial charge in [0.1, 0.15) is 6.29 Å². The summed E-state index contributed by atoms with van der Waals surface area (Å²) >= 11 is 0. The van der Waals surface area contributed by atoms with Gasteiger partial charge in [-0.15, -0.1) is 0 Å². The summed E-state index contributed by atoms with van der Waals surface area (Å²) in [5.41, 5.74) is 0.488. The fraction of sp³-hybridized carbons (Fsp3) is 0.917. The highest BCUT2D eigenvalue weighted by atomic mass is 16.1. The van der Waals surface area contributed by atoms with E-state index in [1.807, 2.05) is 0 Å². The summed E-state index contributed by atoms with van der Waals surface area (Å²) < 4.78 is 0. The molecule has 14 heavy (non-hydrogen) atoms. The topological polar surface area (TPSA) is 29.1 Å². The number of carbonyl (C=O) groups excluding carboxylic acids is 1. The molecule has 2 saturated heterocycles. The number of piperidine rings is 2. The van der Waals surface area contributed by atoms with E-state index in [2.05, 4.69) is 26.1 Å². The quantitative estimate of drug-likeness (QED) is 0.684. The Morgan fingerprint density at radius 3 is 2.29 bits per heavy atom. The van der Waals surface area contributed by atoms with Gasteiger partial charge in [-0.2, -0.15) is 0 Å². The Labute approximate surface area is 86.5 Å². The van der Waals surface area contributed by atoms with Gasteiger partial charge in [-0.05, 0) is 37.0 Å². The zero-order valence-electron chi connectivity index (χ0n) is 9.47. The van der Waals surface area contributed by atoms with Crippen LogP contribution < -0.4 is 5.32 Å². The van der Waals surface area contributed by atoms with Crippen LogP contribution in [-0.4, -0.2) is 17.9 Å². The van der Waals surface area contributed by atoms with Crippen LogP contribution in [0.3, 0.4) is 0 Å². The van der Waals surface area contributed by atoms with Crippen LogP contribution in [0.4, 0.5) is 0 Å². The van der Waals surface area contributed by atoms with Crippen molar-refractivity contribution in [3.63, 3.8) is 0 Å². The predicted octanol–water partition coefficient (Wildman–Crippen LogP) is 2.13. The number of aldehydes is 1. The molecule has 3 aliphatic rings. The average Bonchev–Trinajstić information content (AvgIpc) is 2.18. The molecule has 2 nitrogen and oxygen atoms in total. The zero-order valence-corrected chi connectivity index (χ0v) is 9.47. The van der Waals surface area contributed by atoms with Gasteiger partial charge in [0.25, 0.3) is 0 Å². The Morgan fingerprint density at radius 2 is 1.86 bits per heavy atom. The molecule has 2 bridgehead atoms. The van der Waals surface area contributed by atoms with Crippen molar-refractivity contribution in [2.75, 3.05) is 0 Å². The third kappa shape index (κ3) is 1.23. The second kappa shape index (κ2) is 3.06. The van der Waals surface area contributed by atoms with Crippen LogP contribution in [0.5, 0.6) is 0 Å². The highest BCUT2D eigenvalue weighted by molar-refractivity contribution is 5.60. The molecule has 0 aromatic rings. The molecule has 0 radical (unpaired) electrons. The molecular weight excluding hydrogens is 174 g/mol. The molecular formula is C12H21NO. The van der Waals surface area contributed by atoms with Crippen LogP contribution in [0.25, 0.3) is 0 Å². The van der Waals surface area contributed by atoms with Gasteiger partial charge in [-0.1, -0.05) is 20.8 Å². The van der Waals surface area contributed by atoms with E-state index in [9.17, 15) is 4.79 Å². The number of fused-ring (bicyclic) bond motifs is 3. The van der Waals surface area contributed by atoms with Crippen LogP contribution in [0.2, 0.25) is 0 Å². The first-order valence-electron chi connectivity index (χ1n) is 5.75. The van der Waals surface area contributed by atoms with E-state index in [1.54, 1.807) is 0 Å². The van der Waals surface area contributed by atoms with Crippen LogP contribution in [0.15, 0.2) is 0 Å². The first-order chi connectivity index (χ1) is 6.52. The molecule has 3 rings (SSSR count). The smallest absolute Gasteiger partial charge is 0.137 e. The molecule has 1 atom stereocenters. The fourth-order valence-corrected chi connectivity index (χ4v) is 3.15. The van der Waals surface area contributed by atoms with E-state index in [0.29, 0.717) is 5.92 Å². The minimum atomic E-state index is 0.0902. The van der Waals surface area contributed by atoms with Gasteiger partial charge in [0, 0.05) is 5.54 Å². The van der Waals surface area contributed by atoms with Gasteiger partial charge in [0.05, 0.1) is 6.04 Å². The van der Waals surface area contributed by atoms with Crippen molar-refractivity contribution in [1.29, 1.82) is 0 Å². The van der Waals surface area contributed by atoms with Crippen molar-refractivity contribution < 1.29 is 4.79 Å². The molecule has 0 amide bonds. The lowest BCUT2D eigenvalue weighted by Crippen LogP contribution is -2.67. The second-order valence-electron chi connectivity index (χ2n) is 5.72. The van der Waals surface area contributed by atoms with Gasteiger partial charge in [-0.25, -0.2) is 0 Å². The lowest BCUT2D eigenvalue weighted by molar-refractivity contribution is -0.119. The molecule has 2 aliphatic heterocycles. The number of hydrogen-bond acceptors (Lipinski definition) is 2. The second-order valence-corrected chi connectivity index (χ2v) is 5.72. The monoisotopic (exact) mass is 195 g/mol. The Kier molecular flexibility index (Phi) is 2.22. The summed E-state index contributed by atoms with van der Waals surface area (Å²) in [6, 6.07) is 0.0902. The summed E-state index contributed by atoms with van der Waals surface area (Å²) in [4.78, 5) is 11.1. The minimum absolute atomic E-state index is 0.0902. The number of nitrogens with one attached hydrogen (secondary N) is 1. The van der Waals surface area contributed by atoms with E-state index in [-0.39, 0.29) is 17.0 Å². The SMILES string of the molecule is CC(C)C12CCC(C)(CC1)C(C=O)N2. The number of carbonyl (C=O) groups is 1. The first-order valence-corrected chi connectivity index (χ1v) is 5.75. The number of rotatable bonds is 2. The van der Waals surface area contributed by atoms with Crippen molar-refractivity contribution in [3.05, 3.63) is 0 Å². The van der Waals surface area contributed by atoms with Gasteiger partial charge in [0.15, 0.2) is 0 Å². The molecule has 3 fully saturated rings. The molecule has 1 N–H and O–H groups in total. The van der Waals surface area contributed by atoms with Gasteiger partial charge < -0.3 is 10.1 Å². The maximum atomic E-state index is 11.1. The van der Waals surface area contributed by atoms with Crippen molar-refractivity contribution in [3.8, 4) is 0 Å². The van der Waals surface area contributed by atoms with Crippen LogP contribution >= 0.6 is 0 Å².